The maximum absolute atomic E-state index is 11.8. The Bertz CT molecular complexity index is 887. The molecule has 3 rings (SSSR count). The number of Topliss-reactive ketones (excluding diaryl/α,β-unsaturated/α-hetero) is 2. The third-order valence-electron chi connectivity index (χ3n) is 4.01. The molecular weight excluding hydrogens is 262 g/mol. The number of rotatable bonds is 3. The second-order valence-electron chi connectivity index (χ2n) is 5.37. The fourth-order valence-corrected chi connectivity index (χ4v) is 2.98. The summed E-state index contributed by atoms with van der Waals surface area (Å²) in [6, 6.07) is 9.50. The molecule has 0 unspecified atom stereocenters. The van der Waals surface area contributed by atoms with Gasteiger partial charge in [-0.25, -0.2) is 0 Å². The number of carbonyl (C=O) groups excluding carboxylic acids is 2. The minimum Gasteiger partial charge on any atom is -0.355 e. The van der Waals surface area contributed by atoms with Crippen molar-refractivity contribution < 1.29 is 9.59 Å². The fraction of sp³-hybridized carbons (Fsp3) is 0.222. The third-order valence-corrected chi connectivity index (χ3v) is 4.01. The molecule has 0 bridgehead atoms. The molecule has 3 nitrogen and oxygen atoms in total. The number of ketones is 2. The van der Waals surface area contributed by atoms with E-state index in [2.05, 4.69) is 11.9 Å². The number of fused-ring (bicyclic) bond motifs is 3. The topological polar surface area (TPSA) is 49.9 Å². The highest BCUT2D eigenvalue weighted by atomic mass is 16.1. The van der Waals surface area contributed by atoms with Gasteiger partial charge in [-0.2, -0.15) is 0 Å². The minimum absolute atomic E-state index is 0.0482. The highest BCUT2D eigenvalue weighted by molar-refractivity contribution is 6.14. The largest absolute Gasteiger partial charge is 0.355 e. The van der Waals surface area contributed by atoms with Crippen molar-refractivity contribution in [3.63, 3.8) is 0 Å². The maximum Gasteiger partial charge on any atom is 0.160 e. The van der Waals surface area contributed by atoms with E-state index >= 15 is 0 Å². The lowest BCUT2D eigenvalue weighted by atomic mass is 9.96. The maximum atomic E-state index is 11.8. The Labute approximate surface area is 123 Å². The molecule has 3 heteroatoms. The van der Waals surface area contributed by atoms with E-state index in [0.717, 1.165) is 39.4 Å². The molecule has 106 valence electrons. The molecular formula is C18H17NO2. The van der Waals surface area contributed by atoms with Crippen molar-refractivity contribution >= 4 is 33.4 Å². The van der Waals surface area contributed by atoms with Crippen molar-refractivity contribution in [2.75, 3.05) is 0 Å². The standard InChI is InChI=1S/C18H17NO2/c1-4-13-14(11(3)21)6-8-17-18(13)15-9-12(10(2)20)5-7-16(15)19-17/h5-9,19H,4H2,1-3H3. The van der Waals surface area contributed by atoms with Gasteiger partial charge in [-0.15, -0.1) is 0 Å². The second-order valence-corrected chi connectivity index (χ2v) is 5.37. The van der Waals surface area contributed by atoms with Crippen LogP contribution in [0.15, 0.2) is 30.3 Å². The van der Waals surface area contributed by atoms with E-state index in [1.807, 2.05) is 30.3 Å². The van der Waals surface area contributed by atoms with Crippen LogP contribution in [0.5, 0.6) is 0 Å². The lowest BCUT2D eigenvalue weighted by Crippen LogP contribution is -1.99. The number of nitrogens with one attached hydrogen (secondary N) is 1. The van der Waals surface area contributed by atoms with Gasteiger partial charge in [-0.3, -0.25) is 9.59 Å². The van der Waals surface area contributed by atoms with Gasteiger partial charge in [0, 0.05) is 32.9 Å². The van der Waals surface area contributed by atoms with Gasteiger partial charge < -0.3 is 4.98 Å². The molecule has 0 aliphatic heterocycles. The first kappa shape index (κ1) is 13.6. The van der Waals surface area contributed by atoms with Crippen LogP contribution in [0.25, 0.3) is 21.8 Å². The van der Waals surface area contributed by atoms with Crippen LogP contribution < -0.4 is 0 Å². The summed E-state index contributed by atoms with van der Waals surface area (Å²) in [7, 11) is 0. The predicted octanol–water partition coefficient (Wildman–Crippen LogP) is 4.29. The Hall–Kier alpha value is -2.42. The van der Waals surface area contributed by atoms with Crippen LogP contribution in [0.4, 0.5) is 0 Å². The fourth-order valence-electron chi connectivity index (χ4n) is 2.98. The van der Waals surface area contributed by atoms with Gasteiger partial charge in [-0.1, -0.05) is 6.92 Å². The molecule has 21 heavy (non-hydrogen) atoms. The zero-order chi connectivity index (χ0) is 15.1. The molecule has 1 heterocycles. The van der Waals surface area contributed by atoms with Crippen LogP contribution in [0, 0.1) is 0 Å². The van der Waals surface area contributed by atoms with Crippen LogP contribution in [-0.4, -0.2) is 16.6 Å². The Morgan fingerprint density at radius 1 is 1.00 bits per heavy atom. The summed E-state index contributed by atoms with van der Waals surface area (Å²) < 4.78 is 0. The Balaban J connectivity index is 2.47. The van der Waals surface area contributed by atoms with Crippen molar-refractivity contribution in [1.29, 1.82) is 0 Å². The first-order valence-corrected chi connectivity index (χ1v) is 7.12. The molecule has 0 atom stereocenters. The molecule has 0 fully saturated rings. The number of H-pyrrole nitrogens is 1. The summed E-state index contributed by atoms with van der Waals surface area (Å²) in [5, 5.41) is 2.07. The molecule has 3 aromatic rings. The summed E-state index contributed by atoms with van der Waals surface area (Å²) >= 11 is 0. The zero-order valence-electron chi connectivity index (χ0n) is 12.4. The van der Waals surface area contributed by atoms with Gasteiger partial charge in [0.05, 0.1) is 0 Å². The summed E-state index contributed by atoms with van der Waals surface area (Å²) in [6.45, 7) is 5.21. The number of aryl methyl sites for hydroxylation is 1. The van der Waals surface area contributed by atoms with E-state index < -0.39 is 0 Å². The lowest BCUT2D eigenvalue weighted by Gasteiger charge is -2.07. The molecule has 0 amide bonds. The van der Waals surface area contributed by atoms with Crippen molar-refractivity contribution in [2.45, 2.75) is 27.2 Å². The van der Waals surface area contributed by atoms with Crippen molar-refractivity contribution in [2.24, 2.45) is 0 Å². The third kappa shape index (κ3) is 2.05. The summed E-state index contributed by atoms with van der Waals surface area (Å²) in [6.07, 6.45) is 0.781. The molecule has 0 aliphatic carbocycles. The number of aromatic nitrogens is 1. The normalized spacial score (nSPS) is 11.2. The van der Waals surface area contributed by atoms with Crippen molar-refractivity contribution in [3.05, 3.63) is 47.0 Å². The van der Waals surface area contributed by atoms with Gasteiger partial charge in [-0.05, 0) is 56.2 Å². The molecule has 2 aromatic carbocycles. The van der Waals surface area contributed by atoms with E-state index in [1.54, 1.807) is 13.8 Å². The van der Waals surface area contributed by atoms with Crippen molar-refractivity contribution in [1.82, 2.24) is 4.98 Å². The monoisotopic (exact) mass is 279 g/mol. The summed E-state index contributed by atoms with van der Waals surface area (Å²) in [4.78, 5) is 26.8. The van der Waals surface area contributed by atoms with E-state index in [4.69, 9.17) is 0 Å². The van der Waals surface area contributed by atoms with Gasteiger partial charge in [0.1, 0.15) is 0 Å². The Morgan fingerprint density at radius 3 is 2.33 bits per heavy atom. The summed E-state index contributed by atoms with van der Waals surface area (Å²) in [5.41, 5.74) is 4.50. The smallest absolute Gasteiger partial charge is 0.160 e. The van der Waals surface area contributed by atoms with E-state index in [1.165, 1.54) is 0 Å². The van der Waals surface area contributed by atoms with Gasteiger partial charge in [0.15, 0.2) is 11.6 Å². The van der Waals surface area contributed by atoms with E-state index in [0.29, 0.717) is 5.56 Å². The lowest BCUT2D eigenvalue weighted by molar-refractivity contribution is 0.100. The molecule has 0 spiro atoms. The van der Waals surface area contributed by atoms with Gasteiger partial charge >= 0.3 is 0 Å². The van der Waals surface area contributed by atoms with E-state index in [-0.39, 0.29) is 11.6 Å². The SMILES string of the molecule is CCc1c(C(C)=O)ccc2[nH]c3ccc(C(C)=O)cc3c12. The zero-order valence-corrected chi connectivity index (χ0v) is 12.4. The molecule has 1 aromatic heterocycles. The van der Waals surface area contributed by atoms with E-state index in [9.17, 15) is 9.59 Å². The predicted molar refractivity (Wildman–Crippen MR) is 85.2 cm³/mol. The quantitative estimate of drug-likeness (QED) is 0.727. The Kier molecular flexibility index (Phi) is 3.13. The van der Waals surface area contributed by atoms with Crippen LogP contribution in [0.3, 0.4) is 0 Å². The highest BCUT2D eigenvalue weighted by Gasteiger charge is 2.15. The number of benzene rings is 2. The molecule has 1 N–H and O–H groups in total. The first-order valence-electron chi connectivity index (χ1n) is 7.12. The average molecular weight is 279 g/mol. The van der Waals surface area contributed by atoms with Crippen LogP contribution in [-0.2, 0) is 6.42 Å². The van der Waals surface area contributed by atoms with Crippen LogP contribution in [0.1, 0.15) is 47.1 Å². The Morgan fingerprint density at radius 2 is 1.71 bits per heavy atom. The number of hydrogen-bond acceptors (Lipinski definition) is 2. The van der Waals surface area contributed by atoms with Crippen molar-refractivity contribution in [3.8, 4) is 0 Å². The molecule has 0 aliphatic rings. The van der Waals surface area contributed by atoms with Crippen LogP contribution >= 0.6 is 0 Å². The van der Waals surface area contributed by atoms with Crippen LogP contribution in [0.2, 0.25) is 0 Å². The van der Waals surface area contributed by atoms with Gasteiger partial charge in [0.2, 0.25) is 0 Å². The summed E-state index contributed by atoms with van der Waals surface area (Å²) in [5.74, 6) is 0.123. The molecule has 0 saturated heterocycles. The second kappa shape index (κ2) is 4.85. The average Bonchev–Trinajstić information content (AvgIpc) is 2.83. The highest BCUT2D eigenvalue weighted by Crippen LogP contribution is 2.31. The number of carbonyl (C=O) groups is 2. The number of aromatic amines is 1. The van der Waals surface area contributed by atoms with Gasteiger partial charge in [0.25, 0.3) is 0 Å². The molecule has 0 radical (unpaired) electrons. The minimum atomic E-state index is 0.0482. The first-order chi connectivity index (χ1) is 10.0. The molecule has 0 saturated carbocycles. The number of hydrogen-bond donors (Lipinski definition) is 1.